The first-order valence-electron chi connectivity index (χ1n) is 5.25. The first-order valence-corrected chi connectivity index (χ1v) is 6.76. The summed E-state index contributed by atoms with van der Waals surface area (Å²) in [6, 6.07) is 7.91. The van der Waals surface area contributed by atoms with E-state index in [1.807, 2.05) is 6.92 Å². The van der Waals surface area contributed by atoms with Crippen molar-refractivity contribution in [1.82, 2.24) is 5.32 Å². The minimum atomic E-state index is -4.46. The van der Waals surface area contributed by atoms with Crippen molar-refractivity contribution in [2.24, 2.45) is 0 Å². The zero-order valence-corrected chi connectivity index (χ0v) is 10.3. The average molecular weight is 257 g/mol. The van der Waals surface area contributed by atoms with Crippen LogP contribution in [-0.4, -0.2) is 25.4 Å². The fraction of sp³-hybridized carbons (Fsp3) is 0.364. The Labute approximate surface area is 101 Å². The molecule has 0 saturated heterocycles. The van der Waals surface area contributed by atoms with E-state index in [1.165, 1.54) is 12.1 Å². The van der Waals surface area contributed by atoms with Crippen LogP contribution in [0.3, 0.4) is 0 Å². The lowest BCUT2D eigenvalue weighted by Gasteiger charge is -2.13. The Morgan fingerprint density at radius 3 is 2.41 bits per heavy atom. The summed E-state index contributed by atoms with van der Waals surface area (Å²) in [7, 11) is -4.46. The van der Waals surface area contributed by atoms with Crippen LogP contribution in [0.5, 0.6) is 0 Å². The van der Waals surface area contributed by atoms with Crippen molar-refractivity contribution in [2.45, 2.75) is 18.6 Å². The van der Waals surface area contributed by atoms with Gasteiger partial charge in [0, 0.05) is 6.54 Å². The molecule has 6 heteroatoms. The molecule has 17 heavy (non-hydrogen) atoms. The minimum absolute atomic E-state index is 0.253. The molecule has 1 aromatic carbocycles. The number of carbonyl (C=O) groups is 1. The lowest BCUT2D eigenvalue weighted by Crippen LogP contribution is -2.34. The van der Waals surface area contributed by atoms with Gasteiger partial charge in [-0.15, -0.1) is 0 Å². The maximum Gasteiger partial charge on any atom is 0.281 e. The number of rotatable bonds is 5. The molecule has 1 rings (SSSR count). The van der Waals surface area contributed by atoms with Crippen LogP contribution in [0.4, 0.5) is 0 Å². The van der Waals surface area contributed by atoms with Crippen LogP contribution < -0.4 is 5.32 Å². The van der Waals surface area contributed by atoms with Crippen molar-refractivity contribution >= 4 is 16.0 Å². The third-order valence-corrected chi connectivity index (χ3v) is 3.27. The molecule has 0 saturated carbocycles. The molecule has 0 aliphatic carbocycles. The Morgan fingerprint density at radius 2 is 1.94 bits per heavy atom. The topological polar surface area (TPSA) is 83.5 Å². The predicted octanol–water partition coefficient (Wildman–Crippen LogP) is 1.14. The number of benzene rings is 1. The van der Waals surface area contributed by atoms with Crippen LogP contribution in [0.2, 0.25) is 0 Å². The molecule has 94 valence electrons. The normalized spacial score (nSPS) is 13.1. The summed E-state index contributed by atoms with van der Waals surface area (Å²) in [6.07, 6.45) is 0.693. The van der Waals surface area contributed by atoms with Gasteiger partial charge in [-0.2, -0.15) is 8.42 Å². The third kappa shape index (κ3) is 3.83. The molecule has 0 aliphatic rings. The van der Waals surface area contributed by atoms with Gasteiger partial charge in [-0.1, -0.05) is 37.3 Å². The minimum Gasteiger partial charge on any atom is -0.355 e. The highest BCUT2D eigenvalue weighted by molar-refractivity contribution is 7.86. The Bertz CT molecular complexity index is 470. The number of hydrogen-bond donors (Lipinski definition) is 2. The highest BCUT2D eigenvalue weighted by Crippen LogP contribution is 2.21. The van der Waals surface area contributed by atoms with Gasteiger partial charge in [0.05, 0.1) is 0 Å². The quantitative estimate of drug-likeness (QED) is 0.775. The molecular formula is C11H15NO4S. The number of carbonyl (C=O) groups excluding carboxylic acids is 1. The van der Waals surface area contributed by atoms with Gasteiger partial charge in [-0.25, -0.2) is 0 Å². The Morgan fingerprint density at radius 1 is 1.35 bits per heavy atom. The second-order valence-corrected chi connectivity index (χ2v) is 5.10. The number of amides is 1. The summed E-state index contributed by atoms with van der Waals surface area (Å²) in [5.74, 6) is -0.708. The third-order valence-electron chi connectivity index (χ3n) is 2.19. The van der Waals surface area contributed by atoms with Gasteiger partial charge in [0.1, 0.15) is 0 Å². The van der Waals surface area contributed by atoms with Crippen molar-refractivity contribution in [1.29, 1.82) is 0 Å². The largest absolute Gasteiger partial charge is 0.355 e. The average Bonchev–Trinajstić information content (AvgIpc) is 2.26. The SMILES string of the molecule is CCCNC(=O)C(c1ccccc1)S(=O)(=O)O. The molecule has 5 nitrogen and oxygen atoms in total. The van der Waals surface area contributed by atoms with Gasteiger partial charge in [-0.3, -0.25) is 9.35 Å². The zero-order valence-electron chi connectivity index (χ0n) is 9.46. The van der Waals surface area contributed by atoms with Crippen molar-refractivity contribution in [3.8, 4) is 0 Å². The van der Waals surface area contributed by atoms with E-state index in [1.54, 1.807) is 18.2 Å². The van der Waals surface area contributed by atoms with E-state index in [0.29, 0.717) is 13.0 Å². The van der Waals surface area contributed by atoms with Gasteiger partial charge < -0.3 is 5.32 Å². The van der Waals surface area contributed by atoms with Crippen LogP contribution >= 0.6 is 0 Å². The van der Waals surface area contributed by atoms with Crippen LogP contribution in [0.1, 0.15) is 24.2 Å². The van der Waals surface area contributed by atoms with E-state index >= 15 is 0 Å². The Balaban J connectivity index is 3.02. The molecule has 0 spiro atoms. The van der Waals surface area contributed by atoms with Gasteiger partial charge in [0.2, 0.25) is 5.91 Å². The molecule has 1 atom stereocenters. The number of hydrogen-bond acceptors (Lipinski definition) is 3. The van der Waals surface area contributed by atoms with Gasteiger partial charge >= 0.3 is 0 Å². The highest BCUT2D eigenvalue weighted by Gasteiger charge is 2.32. The first-order chi connectivity index (χ1) is 7.96. The highest BCUT2D eigenvalue weighted by atomic mass is 32.2. The molecule has 0 bridgehead atoms. The molecule has 0 aliphatic heterocycles. The summed E-state index contributed by atoms with van der Waals surface area (Å²) in [6.45, 7) is 2.23. The summed E-state index contributed by atoms with van der Waals surface area (Å²) in [5, 5.41) is 0.899. The van der Waals surface area contributed by atoms with Crippen LogP contribution in [0.25, 0.3) is 0 Å². The molecule has 2 N–H and O–H groups in total. The molecule has 0 fully saturated rings. The van der Waals surface area contributed by atoms with E-state index in [9.17, 15) is 13.2 Å². The van der Waals surface area contributed by atoms with Gasteiger partial charge in [0.25, 0.3) is 10.1 Å². The van der Waals surface area contributed by atoms with Crippen LogP contribution in [0.15, 0.2) is 30.3 Å². The number of nitrogens with one attached hydrogen (secondary N) is 1. The molecule has 0 aromatic heterocycles. The lowest BCUT2D eigenvalue weighted by atomic mass is 10.1. The van der Waals surface area contributed by atoms with E-state index in [2.05, 4.69) is 5.32 Å². The van der Waals surface area contributed by atoms with E-state index < -0.39 is 21.3 Å². The van der Waals surface area contributed by atoms with E-state index in [0.717, 1.165) is 0 Å². The van der Waals surface area contributed by atoms with Gasteiger partial charge in [0.15, 0.2) is 5.25 Å². The van der Waals surface area contributed by atoms with Crippen molar-refractivity contribution in [3.05, 3.63) is 35.9 Å². The monoisotopic (exact) mass is 257 g/mol. The molecular weight excluding hydrogens is 242 g/mol. The van der Waals surface area contributed by atoms with Crippen LogP contribution in [0, 0.1) is 0 Å². The molecule has 1 aromatic rings. The van der Waals surface area contributed by atoms with Gasteiger partial charge in [-0.05, 0) is 12.0 Å². The Hall–Kier alpha value is -1.40. The summed E-state index contributed by atoms with van der Waals surface area (Å²) >= 11 is 0. The van der Waals surface area contributed by atoms with Crippen LogP contribution in [-0.2, 0) is 14.9 Å². The molecule has 1 unspecified atom stereocenters. The second kappa shape index (κ2) is 5.79. The van der Waals surface area contributed by atoms with Crippen molar-refractivity contribution < 1.29 is 17.8 Å². The van der Waals surface area contributed by atoms with E-state index in [-0.39, 0.29) is 5.56 Å². The molecule has 0 heterocycles. The summed E-state index contributed by atoms with van der Waals surface area (Å²) in [4.78, 5) is 11.7. The summed E-state index contributed by atoms with van der Waals surface area (Å²) < 4.78 is 31.6. The fourth-order valence-electron chi connectivity index (χ4n) is 1.43. The van der Waals surface area contributed by atoms with Crippen molar-refractivity contribution in [3.63, 3.8) is 0 Å². The standard InChI is InChI=1S/C11H15NO4S/c1-2-8-12-11(13)10(17(14,15)16)9-6-4-3-5-7-9/h3-7,10H,2,8H2,1H3,(H,12,13)(H,14,15,16). The maximum atomic E-state index is 11.7. The molecule has 0 radical (unpaired) electrons. The maximum absolute atomic E-state index is 11.7. The lowest BCUT2D eigenvalue weighted by molar-refractivity contribution is -0.120. The first kappa shape index (κ1) is 13.7. The van der Waals surface area contributed by atoms with Crippen molar-refractivity contribution in [2.75, 3.05) is 6.54 Å². The predicted molar refractivity (Wildman–Crippen MR) is 64.0 cm³/mol. The smallest absolute Gasteiger partial charge is 0.281 e. The summed E-state index contributed by atoms with van der Waals surface area (Å²) in [5.41, 5.74) is 0.253. The molecule has 1 amide bonds. The zero-order chi connectivity index (χ0) is 12.9. The Kier molecular flexibility index (Phi) is 4.65. The second-order valence-electron chi connectivity index (χ2n) is 3.60. The fourth-order valence-corrected chi connectivity index (χ4v) is 2.28. The van der Waals surface area contributed by atoms with E-state index in [4.69, 9.17) is 4.55 Å².